The predicted octanol–water partition coefficient (Wildman–Crippen LogP) is 4.32. The Bertz CT molecular complexity index is 1610. The molecule has 0 atom stereocenters. The molecule has 164 valence electrons. The van der Waals surface area contributed by atoms with E-state index in [-0.39, 0.29) is 18.0 Å². The maximum absolute atomic E-state index is 13.3. The van der Waals surface area contributed by atoms with Crippen molar-refractivity contribution >= 4 is 38.3 Å². The molecule has 2 heterocycles. The summed E-state index contributed by atoms with van der Waals surface area (Å²) in [5.41, 5.74) is 0.909. The first kappa shape index (κ1) is 20.9. The molecule has 0 spiro atoms. The zero-order valence-electron chi connectivity index (χ0n) is 17.9. The van der Waals surface area contributed by atoms with Crippen LogP contribution in [0, 0.1) is 0 Å². The van der Waals surface area contributed by atoms with Crippen molar-refractivity contribution in [2.75, 3.05) is 0 Å². The number of thiophene rings is 1. The summed E-state index contributed by atoms with van der Waals surface area (Å²) in [5, 5.41) is 2.36. The first-order valence-corrected chi connectivity index (χ1v) is 11.3. The van der Waals surface area contributed by atoms with Crippen LogP contribution >= 0.6 is 11.3 Å². The molecular weight excluding hydrogens is 436 g/mol. The number of nitrogens with zero attached hydrogens (tertiary/aromatic N) is 2. The maximum Gasteiger partial charge on any atom is 0.348 e. The molecule has 0 amide bonds. The van der Waals surface area contributed by atoms with Crippen LogP contribution in [0.5, 0.6) is 0 Å². The van der Waals surface area contributed by atoms with Gasteiger partial charge in [-0.1, -0.05) is 72.8 Å². The zero-order valence-corrected chi connectivity index (χ0v) is 18.7. The van der Waals surface area contributed by atoms with Crippen molar-refractivity contribution in [2.24, 2.45) is 7.05 Å². The summed E-state index contributed by atoms with van der Waals surface area (Å²) < 4.78 is 8.04. The van der Waals surface area contributed by atoms with Gasteiger partial charge >= 0.3 is 11.7 Å². The standard InChI is InChI=1S/C26H20N2O4S/c1-27-24-21(14-22(33-24)25(30)32-16-17-8-3-2-4-9-17)23(29)28(26(27)31)15-19-12-7-11-18-10-5-6-13-20(18)19/h2-14H,15-16H2,1H3. The van der Waals surface area contributed by atoms with Gasteiger partial charge in [0.05, 0.1) is 11.9 Å². The Kier molecular flexibility index (Phi) is 5.40. The third-order valence-corrected chi connectivity index (χ3v) is 6.82. The summed E-state index contributed by atoms with van der Waals surface area (Å²) in [5.74, 6) is -0.521. The Labute approximate surface area is 192 Å². The van der Waals surface area contributed by atoms with Gasteiger partial charge < -0.3 is 4.74 Å². The first-order chi connectivity index (χ1) is 16.0. The molecule has 33 heavy (non-hydrogen) atoms. The van der Waals surface area contributed by atoms with Crippen molar-refractivity contribution in [1.29, 1.82) is 0 Å². The van der Waals surface area contributed by atoms with Crippen LogP contribution in [-0.2, 0) is 24.9 Å². The van der Waals surface area contributed by atoms with Crippen molar-refractivity contribution in [2.45, 2.75) is 13.2 Å². The quantitative estimate of drug-likeness (QED) is 0.369. The molecule has 5 rings (SSSR count). The summed E-state index contributed by atoms with van der Waals surface area (Å²) >= 11 is 1.09. The van der Waals surface area contributed by atoms with Crippen LogP contribution < -0.4 is 11.2 Å². The molecule has 2 aromatic heterocycles. The number of ether oxygens (including phenoxy) is 1. The van der Waals surface area contributed by atoms with Crippen LogP contribution in [0.25, 0.3) is 21.0 Å². The SMILES string of the molecule is Cn1c(=O)n(Cc2cccc3ccccc23)c(=O)c2cc(C(=O)OCc3ccccc3)sc21. The molecule has 0 saturated heterocycles. The van der Waals surface area contributed by atoms with E-state index in [0.717, 1.165) is 33.2 Å². The monoisotopic (exact) mass is 456 g/mol. The van der Waals surface area contributed by atoms with Crippen LogP contribution in [0.2, 0.25) is 0 Å². The van der Waals surface area contributed by atoms with Crippen molar-refractivity contribution in [3.05, 3.63) is 116 Å². The number of aryl methyl sites for hydroxylation is 1. The highest BCUT2D eigenvalue weighted by Gasteiger charge is 2.19. The van der Waals surface area contributed by atoms with Gasteiger partial charge in [-0.25, -0.2) is 9.59 Å². The number of aromatic nitrogens is 2. The number of fused-ring (bicyclic) bond motifs is 2. The molecule has 0 bridgehead atoms. The topological polar surface area (TPSA) is 70.3 Å². The van der Waals surface area contributed by atoms with Crippen molar-refractivity contribution in [3.63, 3.8) is 0 Å². The maximum atomic E-state index is 13.3. The van der Waals surface area contributed by atoms with Gasteiger partial charge in [0.15, 0.2) is 0 Å². The number of carbonyl (C=O) groups excluding carboxylic acids is 1. The van der Waals surface area contributed by atoms with Gasteiger partial charge in [0.1, 0.15) is 16.3 Å². The lowest BCUT2D eigenvalue weighted by atomic mass is 10.0. The Balaban J connectivity index is 1.52. The van der Waals surface area contributed by atoms with Crippen LogP contribution in [0.3, 0.4) is 0 Å². The summed E-state index contributed by atoms with van der Waals surface area (Å²) in [6.07, 6.45) is 0. The van der Waals surface area contributed by atoms with E-state index in [9.17, 15) is 14.4 Å². The Morgan fingerprint density at radius 3 is 2.45 bits per heavy atom. The molecule has 0 fully saturated rings. The van der Waals surface area contributed by atoms with Gasteiger partial charge in [0.25, 0.3) is 5.56 Å². The molecule has 3 aromatic carbocycles. The minimum absolute atomic E-state index is 0.137. The van der Waals surface area contributed by atoms with Crippen molar-refractivity contribution < 1.29 is 9.53 Å². The normalized spacial score (nSPS) is 11.2. The molecule has 0 aliphatic heterocycles. The molecule has 0 aliphatic rings. The summed E-state index contributed by atoms with van der Waals surface area (Å²) in [7, 11) is 1.61. The van der Waals surface area contributed by atoms with Crippen LogP contribution in [0.15, 0.2) is 88.5 Å². The van der Waals surface area contributed by atoms with Gasteiger partial charge in [-0.3, -0.25) is 13.9 Å². The lowest BCUT2D eigenvalue weighted by Gasteiger charge is -2.10. The number of hydrogen-bond acceptors (Lipinski definition) is 5. The van der Waals surface area contributed by atoms with E-state index in [4.69, 9.17) is 4.74 Å². The highest BCUT2D eigenvalue weighted by Crippen LogP contribution is 2.24. The molecule has 0 aliphatic carbocycles. The average molecular weight is 457 g/mol. The summed E-state index contributed by atoms with van der Waals surface area (Å²) in [4.78, 5) is 39.7. The molecular formula is C26H20N2O4S. The molecule has 0 N–H and O–H groups in total. The summed E-state index contributed by atoms with van der Waals surface area (Å²) in [6, 6.07) is 24.6. The Hall–Kier alpha value is -3.97. The van der Waals surface area contributed by atoms with Gasteiger partial charge in [-0.05, 0) is 28.0 Å². The molecule has 0 unspecified atom stereocenters. The van der Waals surface area contributed by atoms with Gasteiger partial charge in [0.2, 0.25) is 0 Å². The van der Waals surface area contributed by atoms with E-state index in [0.29, 0.717) is 10.2 Å². The molecule has 0 saturated carbocycles. The second-order valence-electron chi connectivity index (χ2n) is 7.76. The second-order valence-corrected chi connectivity index (χ2v) is 8.79. The van der Waals surface area contributed by atoms with Crippen LogP contribution in [0.1, 0.15) is 20.8 Å². The van der Waals surface area contributed by atoms with Gasteiger partial charge in [-0.15, -0.1) is 11.3 Å². The fourth-order valence-corrected chi connectivity index (χ4v) is 4.92. The van der Waals surface area contributed by atoms with E-state index in [1.54, 1.807) is 7.05 Å². The molecule has 6 nitrogen and oxygen atoms in total. The third-order valence-electron chi connectivity index (χ3n) is 5.63. The lowest BCUT2D eigenvalue weighted by Crippen LogP contribution is -2.38. The van der Waals surface area contributed by atoms with Crippen molar-refractivity contribution in [1.82, 2.24) is 9.13 Å². The highest BCUT2D eigenvalue weighted by atomic mass is 32.1. The second kappa shape index (κ2) is 8.52. The highest BCUT2D eigenvalue weighted by molar-refractivity contribution is 7.20. The van der Waals surface area contributed by atoms with E-state index in [2.05, 4.69) is 0 Å². The number of benzene rings is 3. The fraction of sp³-hybridized carbons (Fsp3) is 0.115. The first-order valence-electron chi connectivity index (χ1n) is 10.4. The van der Waals surface area contributed by atoms with Crippen LogP contribution in [-0.4, -0.2) is 15.1 Å². The van der Waals surface area contributed by atoms with Crippen molar-refractivity contribution in [3.8, 4) is 0 Å². The van der Waals surface area contributed by atoms with E-state index in [1.165, 1.54) is 15.2 Å². The largest absolute Gasteiger partial charge is 0.457 e. The van der Waals surface area contributed by atoms with Gasteiger partial charge in [-0.2, -0.15) is 0 Å². The molecule has 0 radical (unpaired) electrons. The Morgan fingerprint density at radius 1 is 0.909 bits per heavy atom. The fourth-order valence-electron chi connectivity index (χ4n) is 3.92. The third kappa shape index (κ3) is 3.87. The Morgan fingerprint density at radius 2 is 1.64 bits per heavy atom. The number of esters is 1. The van der Waals surface area contributed by atoms with E-state index in [1.807, 2.05) is 72.8 Å². The van der Waals surface area contributed by atoms with Gasteiger partial charge in [0, 0.05) is 7.05 Å². The van der Waals surface area contributed by atoms with E-state index < -0.39 is 17.2 Å². The smallest absolute Gasteiger partial charge is 0.348 e. The number of carbonyl (C=O) groups is 1. The zero-order chi connectivity index (χ0) is 22.9. The number of rotatable bonds is 5. The lowest BCUT2D eigenvalue weighted by molar-refractivity contribution is 0.0478. The molecule has 5 aromatic rings. The number of hydrogen-bond donors (Lipinski definition) is 0. The van der Waals surface area contributed by atoms with E-state index >= 15 is 0 Å². The predicted molar refractivity (Wildman–Crippen MR) is 130 cm³/mol. The average Bonchev–Trinajstić information content (AvgIpc) is 3.31. The summed E-state index contributed by atoms with van der Waals surface area (Å²) in [6.45, 7) is 0.282. The molecule has 7 heteroatoms. The van der Waals surface area contributed by atoms with Crippen LogP contribution in [0.4, 0.5) is 0 Å². The minimum atomic E-state index is -0.521. The minimum Gasteiger partial charge on any atom is -0.457 e.